The molecular weight excluding hydrogens is 586 g/mol. The quantitative estimate of drug-likeness (QED) is 0.251. The molecule has 1 saturated heterocycles. The van der Waals surface area contributed by atoms with Crippen molar-refractivity contribution in [1.82, 2.24) is 5.32 Å². The molecular formula is C29H24BrNO9. The number of esters is 4. The maximum absolute atomic E-state index is 13.5. The minimum Gasteiger partial charge on any atom is -0.497 e. The van der Waals surface area contributed by atoms with Crippen molar-refractivity contribution >= 4 is 39.8 Å². The highest BCUT2D eigenvalue weighted by molar-refractivity contribution is 9.10. The van der Waals surface area contributed by atoms with E-state index in [0.717, 1.165) is 14.2 Å². The van der Waals surface area contributed by atoms with Gasteiger partial charge in [0.1, 0.15) is 17.2 Å². The smallest absolute Gasteiger partial charge is 0.343 e. The second kappa shape index (κ2) is 10.7. The van der Waals surface area contributed by atoms with E-state index in [1.807, 2.05) is 0 Å². The highest BCUT2D eigenvalue weighted by atomic mass is 79.9. The standard InChI is InChI=1S/C29H24BrNO9/c1-36-17-11-8-15(9-12-17)25(32)39-20-7-5-4-6-18(20)24-22-23(29(31-24,27(34)37-2)28(35)38-3)19-14-16(30)10-13-21(19)40-26(22)33/h4-14,22-24,31H,1-3H3/t22-,23+,24+/m1/s1. The molecule has 40 heavy (non-hydrogen) atoms. The Kier molecular flexibility index (Phi) is 7.35. The molecule has 0 amide bonds. The summed E-state index contributed by atoms with van der Waals surface area (Å²) in [6.45, 7) is 0. The number of hydrogen-bond acceptors (Lipinski definition) is 10. The fourth-order valence-electron chi connectivity index (χ4n) is 5.38. The Bertz CT molecular complexity index is 1490. The van der Waals surface area contributed by atoms with Crippen molar-refractivity contribution in [2.75, 3.05) is 21.3 Å². The van der Waals surface area contributed by atoms with Crippen LogP contribution in [0.3, 0.4) is 0 Å². The predicted octanol–water partition coefficient (Wildman–Crippen LogP) is 3.73. The molecule has 0 radical (unpaired) electrons. The zero-order chi connectivity index (χ0) is 28.6. The summed E-state index contributed by atoms with van der Waals surface area (Å²) in [5.41, 5.74) is -1.06. The fraction of sp³-hybridized carbons (Fsp3) is 0.241. The van der Waals surface area contributed by atoms with Crippen molar-refractivity contribution in [2.24, 2.45) is 5.92 Å². The highest BCUT2D eigenvalue weighted by Gasteiger charge is 2.69. The summed E-state index contributed by atoms with van der Waals surface area (Å²) >= 11 is 3.42. The van der Waals surface area contributed by atoms with E-state index in [4.69, 9.17) is 23.7 Å². The van der Waals surface area contributed by atoms with E-state index in [-0.39, 0.29) is 17.1 Å². The number of para-hydroxylation sites is 1. The van der Waals surface area contributed by atoms with Gasteiger partial charge >= 0.3 is 23.9 Å². The molecule has 1 fully saturated rings. The molecule has 11 heteroatoms. The lowest BCUT2D eigenvalue weighted by Crippen LogP contribution is -2.59. The second-order valence-corrected chi connectivity index (χ2v) is 10.1. The summed E-state index contributed by atoms with van der Waals surface area (Å²) in [7, 11) is 3.80. The molecule has 3 atom stereocenters. The Hall–Kier alpha value is -4.22. The van der Waals surface area contributed by atoms with E-state index in [1.165, 1.54) is 7.11 Å². The molecule has 2 aliphatic rings. The first-order chi connectivity index (χ1) is 19.2. The molecule has 0 bridgehead atoms. The number of benzene rings is 3. The molecule has 5 rings (SSSR count). The van der Waals surface area contributed by atoms with Gasteiger partial charge in [-0.2, -0.15) is 0 Å². The molecule has 0 unspecified atom stereocenters. The SMILES string of the molecule is COC(=O)C1(C(=O)OC)N[C@@H](c2ccccc2OC(=O)c2ccc(OC)cc2)[C@@H]2C(=O)Oc3ccc(Br)cc3[C@@H]21. The summed E-state index contributed by atoms with van der Waals surface area (Å²) in [6, 6.07) is 16.8. The van der Waals surface area contributed by atoms with E-state index < -0.39 is 47.3 Å². The van der Waals surface area contributed by atoms with Gasteiger partial charge in [-0.25, -0.2) is 14.4 Å². The Morgan fingerprint density at radius 3 is 2.23 bits per heavy atom. The predicted molar refractivity (Wildman–Crippen MR) is 143 cm³/mol. The summed E-state index contributed by atoms with van der Waals surface area (Å²) in [5.74, 6) is -4.48. The topological polar surface area (TPSA) is 126 Å². The lowest BCUT2D eigenvalue weighted by Gasteiger charge is -2.34. The number of fused-ring (bicyclic) bond motifs is 3. The summed E-state index contributed by atoms with van der Waals surface area (Å²) < 4.78 is 27.4. The molecule has 0 saturated carbocycles. The van der Waals surface area contributed by atoms with Gasteiger partial charge < -0.3 is 23.7 Å². The van der Waals surface area contributed by atoms with Crippen molar-refractivity contribution in [1.29, 1.82) is 0 Å². The van der Waals surface area contributed by atoms with Gasteiger partial charge in [-0.05, 0) is 48.5 Å². The zero-order valence-corrected chi connectivity index (χ0v) is 23.2. The first-order valence-electron chi connectivity index (χ1n) is 12.2. The number of carbonyl (C=O) groups is 4. The van der Waals surface area contributed by atoms with Gasteiger partial charge in [0.15, 0.2) is 0 Å². The Morgan fingerprint density at radius 2 is 1.57 bits per heavy atom. The van der Waals surface area contributed by atoms with E-state index in [9.17, 15) is 19.2 Å². The van der Waals surface area contributed by atoms with Gasteiger partial charge in [0, 0.05) is 21.5 Å². The first-order valence-corrected chi connectivity index (χ1v) is 12.9. The minimum atomic E-state index is -2.11. The largest absolute Gasteiger partial charge is 0.497 e. The maximum Gasteiger partial charge on any atom is 0.343 e. The summed E-state index contributed by atoms with van der Waals surface area (Å²) in [6.07, 6.45) is 0. The Labute approximate surface area is 237 Å². The average Bonchev–Trinajstić information content (AvgIpc) is 3.35. The lowest BCUT2D eigenvalue weighted by atomic mass is 9.72. The number of hydrogen-bond donors (Lipinski definition) is 1. The molecule has 2 aliphatic heterocycles. The van der Waals surface area contributed by atoms with Crippen molar-refractivity contribution in [2.45, 2.75) is 17.5 Å². The number of carbonyl (C=O) groups excluding carboxylic acids is 4. The van der Waals surface area contributed by atoms with Crippen LogP contribution < -0.4 is 19.5 Å². The van der Waals surface area contributed by atoms with Crippen LogP contribution in [0.2, 0.25) is 0 Å². The van der Waals surface area contributed by atoms with Crippen LogP contribution in [0, 0.1) is 5.92 Å². The molecule has 0 spiro atoms. The number of methoxy groups -OCH3 is 3. The third kappa shape index (κ3) is 4.40. The lowest BCUT2D eigenvalue weighted by molar-refractivity contribution is -0.164. The van der Waals surface area contributed by atoms with Crippen LogP contribution in [-0.4, -0.2) is 50.7 Å². The third-order valence-corrected chi connectivity index (χ3v) is 7.65. The second-order valence-electron chi connectivity index (χ2n) is 9.18. The van der Waals surface area contributed by atoms with E-state index in [2.05, 4.69) is 21.2 Å². The van der Waals surface area contributed by atoms with Crippen molar-refractivity contribution in [3.05, 3.63) is 87.9 Å². The van der Waals surface area contributed by atoms with E-state index in [1.54, 1.807) is 66.7 Å². The monoisotopic (exact) mass is 609 g/mol. The fourth-order valence-corrected chi connectivity index (χ4v) is 5.76. The van der Waals surface area contributed by atoms with Crippen molar-refractivity contribution < 1.29 is 42.9 Å². The van der Waals surface area contributed by atoms with E-state index >= 15 is 0 Å². The highest BCUT2D eigenvalue weighted by Crippen LogP contribution is 2.56. The van der Waals surface area contributed by atoms with Gasteiger partial charge in [0.25, 0.3) is 0 Å². The van der Waals surface area contributed by atoms with Crippen molar-refractivity contribution in [3.63, 3.8) is 0 Å². The molecule has 10 nitrogen and oxygen atoms in total. The van der Waals surface area contributed by atoms with Crippen LogP contribution in [0.1, 0.15) is 33.4 Å². The number of nitrogens with one attached hydrogen (secondary N) is 1. The number of halogens is 1. The molecule has 1 N–H and O–H groups in total. The zero-order valence-electron chi connectivity index (χ0n) is 21.6. The van der Waals surface area contributed by atoms with Crippen molar-refractivity contribution in [3.8, 4) is 17.2 Å². The van der Waals surface area contributed by atoms with Crippen LogP contribution in [0.5, 0.6) is 17.2 Å². The van der Waals surface area contributed by atoms with Gasteiger partial charge in [-0.1, -0.05) is 34.1 Å². The molecule has 0 aromatic heterocycles. The Morgan fingerprint density at radius 1 is 0.900 bits per heavy atom. The first kappa shape index (κ1) is 27.4. The molecule has 3 aromatic carbocycles. The van der Waals surface area contributed by atoms with Crippen LogP contribution in [0.4, 0.5) is 0 Å². The Balaban J connectivity index is 1.63. The van der Waals surface area contributed by atoms with Gasteiger partial charge in [0.2, 0.25) is 5.54 Å². The minimum absolute atomic E-state index is 0.123. The normalized spacial score (nSPS) is 20.4. The van der Waals surface area contributed by atoms with Crippen LogP contribution >= 0.6 is 15.9 Å². The summed E-state index contributed by atoms with van der Waals surface area (Å²) in [4.78, 5) is 53.4. The molecule has 206 valence electrons. The van der Waals surface area contributed by atoms with Crippen LogP contribution in [0.25, 0.3) is 0 Å². The van der Waals surface area contributed by atoms with E-state index in [0.29, 0.717) is 21.3 Å². The molecule has 3 aromatic rings. The third-order valence-electron chi connectivity index (χ3n) is 7.15. The maximum atomic E-state index is 13.5. The van der Waals surface area contributed by atoms with Gasteiger partial charge in [0.05, 0.1) is 38.9 Å². The number of ether oxygens (including phenoxy) is 5. The van der Waals surface area contributed by atoms with Crippen LogP contribution in [0.15, 0.2) is 71.2 Å². The molecule has 2 heterocycles. The summed E-state index contributed by atoms with van der Waals surface area (Å²) in [5, 5.41) is 3.05. The molecule has 0 aliphatic carbocycles. The number of rotatable bonds is 6. The van der Waals surface area contributed by atoms with Crippen LogP contribution in [-0.2, 0) is 23.9 Å². The average molecular weight is 610 g/mol. The van der Waals surface area contributed by atoms with Gasteiger partial charge in [-0.15, -0.1) is 0 Å². The van der Waals surface area contributed by atoms with Gasteiger partial charge in [-0.3, -0.25) is 10.1 Å².